The van der Waals surface area contributed by atoms with Crippen molar-refractivity contribution in [1.82, 2.24) is 0 Å². The highest BCUT2D eigenvalue weighted by Crippen LogP contribution is 2.26. The number of carboxylic acids is 1. The number of nitrogens with zero attached hydrogens (tertiary/aromatic N) is 2. The predicted octanol–water partition coefficient (Wildman–Crippen LogP) is 9.10. The Labute approximate surface area is 277 Å². The highest BCUT2D eigenvalue weighted by atomic mass is 79.9. The maximum atomic E-state index is 10.7. The maximum Gasteiger partial charge on any atom is 0.335 e. The molecule has 1 N–H and O–H groups in total. The Kier molecular flexibility index (Phi) is 13.2. The van der Waals surface area contributed by atoms with Gasteiger partial charge in [0.1, 0.15) is 13.2 Å². The number of aromatic carboxylic acids is 1. The number of halogens is 2. The molecule has 2 aliphatic heterocycles. The van der Waals surface area contributed by atoms with Gasteiger partial charge in [0.15, 0.2) is 0 Å². The first-order chi connectivity index (χ1) is 20.2. The van der Waals surface area contributed by atoms with E-state index in [0.29, 0.717) is 18.8 Å². The lowest BCUT2D eigenvalue weighted by Gasteiger charge is -2.09. The Morgan fingerprint density at radius 3 is 1.61 bits per heavy atom. The van der Waals surface area contributed by atoms with Gasteiger partial charge in [-0.15, -0.1) is 12.4 Å². The van der Waals surface area contributed by atoms with E-state index in [2.05, 4.69) is 92.6 Å². The van der Waals surface area contributed by atoms with Crippen molar-refractivity contribution in [3.05, 3.63) is 104 Å². The molecule has 0 saturated heterocycles. The third-order valence-corrected chi connectivity index (χ3v) is 8.40. The average molecular weight is 686 g/mol. The standard InChI is InChI=1S/C14H19NO.C12H14BrNO.C10H12O2.ClH/c1-5-11-7-6-8-12(10(11)2)13-15-14(3,4)9-16-13;1-8-9(5-4-6-10(8)13)11-14-12(2,3)7-15-11;1-3-8-5-4-6-9(7(8)2)10(11)12;/h6-8H,5,9H2,1-4H3;4-6H,7H2,1-3H3;4-6H,3H2,1-2H3,(H,11,12);1H. The van der Waals surface area contributed by atoms with Crippen LogP contribution in [-0.2, 0) is 22.3 Å². The number of benzene rings is 3. The van der Waals surface area contributed by atoms with Gasteiger partial charge in [0.2, 0.25) is 11.8 Å². The van der Waals surface area contributed by atoms with Crippen molar-refractivity contribution in [1.29, 1.82) is 0 Å². The van der Waals surface area contributed by atoms with E-state index in [1.165, 1.54) is 16.7 Å². The summed E-state index contributed by atoms with van der Waals surface area (Å²) in [7, 11) is 0. The minimum atomic E-state index is -0.845. The van der Waals surface area contributed by atoms with Crippen LogP contribution >= 0.6 is 28.3 Å². The fraction of sp³-hybridized carbons (Fsp3) is 0.417. The summed E-state index contributed by atoms with van der Waals surface area (Å²) in [5, 5.41) is 8.79. The zero-order chi connectivity index (χ0) is 31.9. The van der Waals surface area contributed by atoms with E-state index in [0.717, 1.165) is 51.4 Å². The molecule has 8 heteroatoms. The van der Waals surface area contributed by atoms with Crippen LogP contribution in [0.15, 0.2) is 69.1 Å². The molecule has 0 amide bonds. The number of carboxylic acid groups (broad SMARTS) is 1. The summed E-state index contributed by atoms with van der Waals surface area (Å²) >= 11 is 3.51. The molecule has 0 fully saturated rings. The molecule has 3 aromatic carbocycles. The zero-order valence-corrected chi connectivity index (χ0v) is 29.8. The molecule has 0 aliphatic carbocycles. The molecule has 0 saturated carbocycles. The Hall–Kier alpha value is -3.16. The van der Waals surface area contributed by atoms with Crippen LogP contribution in [0.1, 0.15) is 90.8 Å². The van der Waals surface area contributed by atoms with Gasteiger partial charge in [-0.2, -0.15) is 0 Å². The van der Waals surface area contributed by atoms with Crippen molar-refractivity contribution in [3.63, 3.8) is 0 Å². The lowest BCUT2D eigenvalue weighted by molar-refractivity contribution is 0.0696. The lowest BCUT2D eigenvalue weighted by Crippen LogP contribution is -2.17. The number of carbonyl (C=O) groups is 1. The van der Waals surface area contributed by atoms with Crippen molar-refractivity contribution in [3.8, 4) is 0 Å². The first-order valence-electron chi connectivity index (χ1n) is 14.8. The molecule has 5 rings (SSSR count). The summed E-state index contributed by atoms with van der Waals surface area (Å²) < 4.78 is 12.4. The molecular weight excluding hydrogens is 640 g/mol. The molecule has 6 nitrogen and oxygen atoms in total. The van der Waals surface area contributed by atoms with Gasteiger partial charge in [-0.25, -0.2) is 14.8 Å². The highest BCUT2D eigenvalue weighted by molar-refractivity contribution is 9.10. The van der Waals surface area contributed by atoms with Gasteiger partial charge in [-0.3, -0.25) is 0 Å². The van der Waals surface area contributed by atoms with Gasteiger partial charge in [-0.1, -0.05) is 60.1 Å². The third-order valence-electron chi connectivity index (χ3n) is 7.55. The van der Waals surface area contributed by atoms with Crippen LogP contribution in [0.4, 0.5) is 0 Å². The summed E-state index contributed by atoms with van der Waals surface area (Å²) in [6.45, 7) is 19.9. The largest absolute Gasteiger partial charge is 0.478 e. The number of rotatable bonds is 5. The molecule has 238 valence electrons. The van der Waals surface area contributed by atoms with Crippen LogP contribution in [0.2, 0.25) is 0 Å². The third kappa shape index (κ3) is 9.42. The van der Waals surface area contributed by atoms with Crippen molar-refractivity contribution < 1.29 is 19.4 Å². The number of aliphatic imine (C=N–C) groups is 2. The molecule has 44 heavy (non-hydrogen) atoms. The molecule has 0 atom stereocenters. The second-order valence-corrected chi connectivity index (χ2v) is 13.0. The molecular formula is C36H46BrClN2O4. The minimum Gasteiger partial charge on any atom is -0.478 e. The monoisotopic (exact) mass is 684 g/mol. The molecule has 0 spiro atoms. The van der Waals surface area contributed by atoms with Gasteiger partial charge < -0.3 is 14.6 Å². The van der Waals surface area contributed by atoms with E-state index in [4.69, 9.17) is 14.6 Å². The number of hydrogen-bond acceptors (Lipinski definition) is 5. The van der Waals surface area contributed by atoms with Gasteiger partial charge >= 0.3 is 5.97 Å². The van der Waals surface area contributed by atoms with Crippen molar-refractivity contribution in [2.45, 2.75) is 86.2 Å². The van der Waals surface area contributed by atoms with Gasteiger partial charge in [0.05, 0.1) is 16.6 Å². The molecule has 0 aromatic heterocycles. The van der Waals surface area contributed by atoms with Crippen LogP contribution in [0.3, 0.4) is 0 Å². The average Bonchev–Trinajstić information content (AvgIpc) is 3.51. The fourth-order valence-corrected chi connectivity index (χ4v) is 5.25. The first-order valence-corrected chi connectivity index (χ1v) is 15.6. The second kappa shape index (κ2) is 15.7. The molecule has 0 unspecified atom stereocenters. The van der Waals surface area contributed by atoms with Crippen molar-refractivity contribution >= 4 is 46.1 Å². The Morgan fingerprint density at radius 1 is 0.750 bits per heavy atom. The molecule has 3 aromatic rings. The van der Waals surface area contributed by atoms with Gasteiger partial charge in [0, 0.05) is 15.6 Å². The summed E-state index contributed by atoms with van der Waals surface area (Å²) in [4.78, 5) is 19.9. The van der Waals surface area contributed by atoms with E-state index >= 15 is 0 Å². The topological polar surface area (TPSA) is 80.5 Å². The first kappa shape index (κ1) is 37.0. The molecule has 0 radical (unpaired) electrons. The van der Waals surface area contributed by atoms with Crippen LogP contribution < -0.4 is 0 Å². The summed E-state index contributed by atoms with van der Waals surface area (Å²) in [5.41, 5.74) is 8.29. The van der Waals surface area contributed by atoms with Crippen LogP contribution in [0, 0.1) is 20.8 Å². The van der Waals surface area contributed by atoms with E-state index in [1.54, 1.807) is 12.1 Å². The van der Waals surface area contributed by atoms with Crippen molar-refractivity contribution in [2.24, 2.45) is 9.98 Å². The predicted molar refractivity (Wildman–Crippen MR) is 187 cm³/mol. The Bertz CT molecular complexity index is 1530. The van der Waals surface area contributed by atoms with E-state index < -0.39 is 5.97 Å². The summed E-state index contributed by atoms with van der Waals surface area (Å²) in [5.74, 6) is 0.722. The van der Waals surface area contributed by atoms with Crippen LogP contribution in [0.25, 0.3) is 0 Å². The summed E-state index contributed by atoms with van der Waals surface area (Å²) in [6, 6.07) is 17.8. The fourth-order valence-electron chi connectivity index (χ4n) is 4.88. The van der Waals surface area contributed by atoms with Gasteiger partial charge in [0.25, 0.3) is 0 Å². The minimum absolute atomic E-state index is 0. The van der Waals surface area contributed by atoms with E-state index in [-0.39, 0.29) is 23.5 Å². The quantitative estimate of drug-likeness (QED) is 0.291. The normalized spacial score (nSPS) is 15.6. The smallest absolute Gasteiger partial charge is 0.335 e. The van der Waals surface area contributed by atoms with Crippen molar-refractivity contribution in [2.75, 3.05) is 13.2 Å². The van der Waals surface area contributed by atoms with E-state index in [9.17, 15) is 4.79 Å². The van der Waals surface area contributed by atoms with Crippen LogP contribution in [0.5, 0.6) is 0 Å². The SMILES string of the molecule is CCc1cccc(C(=O)O)c1C.CCc1cccc(C2=NC(C)(C)CO2)c1C.Cc1c(Br)cccc1C1=NC(C)(C)CO1.Cl. The maximum absolute atomic E-state index is 10.7. The van der Waals surface area contributed by atoms with Gasteiger partial charge in [-0.05, 0) is 113 Å². The molecule has 0 bridgehead atoms. The number of ether oxygens (including phenoxy) is 2. The Balaban J connectivity index is 0.000000230. The second-order valence-electron chi connectivity index (χ2n) is 12.1. The summed E-state index contributed by atoms with van der Waals surface area (Å²) in [6.07, 6.45) is 1.93. The number of aryl methyl sites for hydroxylation is 2. The Morgan fingerprint density at radius 2 is 1.18 bits per heavy atom. The zero-order valence-electron chi connectivity index (χ0n) is 27.4. The number of hydrogen-bond donors (Lipinski definition) is 1. The molecule has 2 aliphatic rings. The highest BCUT2D eigenvalue weighted by Gasteiger charge is 2.28. The lowest BCUT2D eigenvalue weighted by atomic mass is 10.0. The molecule has 2 heterocycles. The van der Waals surface area contributed by atoms with Crippen LogP contribution in [-0.4, -0.2) is 47.2 Å². The van der Waals surface area contributed by atoms with E-state index in [1.807, 2.05) is 38.1 Å².